The minimum absolute atomic E-state index is 0.213. The fraction of sp³-hybridized carbons (Fsp3) is 0.444. The summed E-state index contributed by atoms with van der Waals surface area (Å²) < 4.78 is 0.823. The summed E-state index contributed by atoms with van der Waals surface area (Å²) in [6.07, 6.45) is 0. The van der Waals surface area contributed by atoms with E-state index in [1.165, 1.54) is 0 Å². The van der Waals surface area contributed by atoms with Gasteiger partial charge in [-0.3, -0.25) is 4.79 Å². The Kier molecular flexibility index (Phi) is 8.90. The molecule has 0 saturated carbocycles. The summed E-state index contributed by atoms with van der Waals surface area (Å²) in [7, 11) is 0. The number of hydrogen-bond acceptors (Lipinski definition) is 4. The molecule has 1 amide bonds. The zero-order chi connectivity index (χ0) is 17.2. The highest BCUT2D eigenvalue weighted by Gasteiger charge is 2.17. The number of para-hydroxylation sites is 1. The Balaban J connectivity index is 2.95. The second kappa shape index (κ2) is 10.4. The molecule has 124 valence electrons. The Bertz CT molecular complexity index is 560. The van der Waals surface area contributed by atoms with Crippen LogP contribution in [0.5, 0.6) is 0 Å². The number of anilines is 1. The number of nitriles is 1. The van der Waals surface area contributed by atoms with Gasteiger partial charge >= 0.3 is 0 Å². The predicted molar refractivity (Wildman–Crippen MR) is 102 cm³/mol. The minimum atomic E-state index is -0.332. The van der Waals surface area contributed by atoms with Gasteiger partial charge in [0.1, 0.15) is 11.6 Å². The monoisotopic (exact) mass is 348 g/mol. The van der Waals surface area contributed by atoms with E-state index in [1.807, 2.05) is 30.3 Å². The van der Waals surface area contributed by atoms with Gasteiger partial charge in [-0.2, -0.15) is 5.26 Å². The summed E-state index contributed by atoms with van der Waals surface area (Å²) in [5.74, 6) is 2.47. The lowest BCUT2D eigenvalue weighted by atomic mass is 10.2. The molecule has 5 heteroatoms. The summed E-state index contributed by atoms with van der Waals surface area (Å²) in [4.78, 5) is 12.5. The normalized spacial score (nSPS) is 10.5. The Hall–Kier alpha value is -1.38. The molecular formula is C18H24N2OS2. The number of amides is 1. The van der Waals surface area contributed by atoms with Gasteiger partial charge in [0.15, 0.2) is 0 Å². The second-order valence-electron chi connectivity index (χ2n) is 6.00. The van der Waals surface area contributed by atoms with Crippen LogP contribution in [0.3, 0.4) is 0 Å². The van der Waals surface area contributed by atoms with Crippen molar-refractivity contribution >= 4 is 35.1 Å². The molecule has 0 aliphatic heterocycles. The van der Waals surface area contributed by atoms with Crippen LogP contribution in [0.4, 0.5) is 5.69 Å². The molecule has 0 aromatic heterocycles. The lowest BCUT2D eigenvalue weighted by Gasteiger charge is -2.13. The number of carbonyl (C=O) groups excluding carboxylic acids is 1. The van der Waals surface area contributed by atoms with Crippen molar-refractivity contribution in [1.82, 2.24) is 0 Å². The van der Waals surface area contributed by atoms with E-state index < -0.39 is 0 Å². The molecule has 1 aromatic carbocycles. The second-order valence-corrected chi connectivity index (χ2v) is 8.32. The first kappa shape index (κ1) is 19.7. The van der Waals surface area contributed by atoms with Crippen LogP contribution < -0.4 is 5.32 Å². The molecule has 1 rings (SSSR count). The quantitative estimate of drug-likeness (QED) is 0.522. The van der Waals surface area contributed by atoms with Crippen molar-refractivity contribution in [3.63, 3.8) is 0 Å². The van der Waals surface area contributed by atoms with Gasteiger partial charge < -0.3 is 5.32 Å². The van der Waals surface area contributed by atoms with Crippen LogP contribution in [-0.4, -0.2) is 17.4 Å². The zero-order valence-electron chi connectivity index (χ0n) is 14.1. The molecule has 0 unspecified atom stereocenters. The Labute approximate surface area is 147 Å². The Morgan fingerprint density at radius 2 is 1.61 bits per heavy atom. The molecule has 1 N–H and O–H groups in total. The molecule has 1 aromatic rings. The van der Waals surface area contributed by atoms with E-state index in [-0.39, 0.29) is 11.5 Å². The third kappa shape index (κ3) is 7.62. The molecule has 3 nitrogen and oxygen atoms in total. The van der Waals surface area contributed by atoms with Crippen LogP contribution >= 0.6 is 23.5 Å². The van der Waals surface area contributed by atoms with Crippen LogP contribution in [0.15, 0.2) is 40.1 Å². The van der Waals surface area contributed by atoms with Crippen molar-refractivity contribution < 1.29 is 4.79 Å². The maximum absolute atomic E-state index is 12.5. The number of nitrogens with zero attached hydrogens (tertiary/aromatic N) is 1. The molecule has 23 heavy (non-hydrogen) atoms. The number of hydrogen-bond donors (Lipinski definition) is 1. The highest BCUT2D eigenvalue weighted by molar-refractivity contribution is 8.22. The first-order valence-corrected chi connectivity index (χ1v) is 9.67. The zero-order valence-corrected chi connectivity index (χ0v) is 15.8. The van der Waals surface area contributed by atoms with E-state index >= 15 is 0 Å². The van der Waals surface area contributed by atoms with E-state index in [2.05, 4.69) is 39.1 Å². The summed E-state index contributed by atoms with van der Waals surface area (Å²) in [6, 6.07) is 11.3. The fourth-order valence-electron chi connectivity index (χ4n) is 1.57. The van der Waals surface area contributed by atoms with Crippen molar-refractivity contribution in [2.75, 3.05) is 16.8 Å². The maximum atomic E-state index is 12.5. The average molecular weight is 349 g/mol. The molecule has 0 fully saturated rings. The van der Waals surface area contributed by atoms with Gasteiger partial charge in [0, 0.05) is 17.2 Å². The van der Waals surface area contributed by atoms with Crippen LogP contribution in [0.25, 0.3) is 0 Å². The van der Waals surface area contributed by atoms with E-state index in [4.69, 9.17) is 0 Å². The summed E-state index contributed by atoms with van der Waals surface area (Å²) in [5, 5.41) is 12.3. The average Bonchev–Trinajstić information content (AvgIpc) is 2.50. The molecule has 0 aliphatic rings. The lowest BCUT2D eigenvalue weighted by Crippen LogP contribution is -2.15. The smallest absolute Gasteiger partial charge is 0.268 e. The van der Waals surface area contributed by atoms with Crippen LogP contribution in [0.1, 0.15) is 27.7 Å². The SMILES string of the molecule is CC(C)CSC(SCC(C)C)=C(C#N)C(=O)Nc1ccccc1. The van der Waals surface area contributed by atoms with Gasteiger partial charge in [-0.05, 0) is 24.0 Å². The third-order valence-electron chi connectivity index (χ3n) is 2.67. The topological polar surface area (TPSA) is 52.9 Å². The maximum Gasteiger partial charge on any atom is 0.268 e. The lowest BCUT2D eigenvalue weighted by molar-refractivity contribution is -0.112. The minimum Gasteiger partial charge on any atom is -0.321 e. The van der Waals surface area contributed by atoms with Gasteiger partial charge in [-0.1, -0.05) is 45.9 Å². The fourth-order valence-corrected chi connectivity index (χ4v) is 3.85. The molecule has 0 bridgehead atoms. The van der Waals surface area contributed by atoms with Crippen LogP contribution in [0.2, 0.25) is 0 Å². The predicted octanol–water partition coefficient (Wildman–Crippen LogP) is 5.14. The van der Waals surface area contributed by atoms with Gasteiger partial charge in [-0.25, -0.2) is 0 Å². The van der Waals surface area contributed by atoms with Crippen molar-refractivity contribution in [2.24, 2.45) is 11.8 Å². The van der Waals surface area contributed by atoms with Gasteiger partial charge in [0.25, 0.3) is 5.91 Å². The van der Waals surface area contributed by atoms with Crippen LogP contribution in [-0.2, 0) is 4.79 Å². The number of benzene rings is 1. The first-order valence-electron chi connectivity index (χ1n) is 7.70. The highest BCUT2D eigenvalue weighted by atomic mass is 32.2. The molecule has 0 radical (unpaired) electrons. The molecular weight excluding hydrogens is 324 g/mol. The number of rotatable bonds is 8. The molecule has 0 saturated heterocycles. The summed E-state index contributed by atoms with van der Waals surface area (Å²) in [5.41, 5.74) is 0.914. The van der Waals surface area contributed by atoms with Crippen molar-refractivity contribution in [1.29, 1.82) is 5.26 Å². The van der Waals surface area contributed by atoms with Crippen LogP contribution in [0, 0.1) is 23.2 Å². The number of thioether (sulfide) groups is 2. The van der Waals surface area contributed by atoms with Crippen molar-refractivity contribution in [2.45, 2.75) is 27.7 Å². The largest absolute Gasteiger partial charge is 0.321 e. The molecule has 0 heterocycles. The summed E-state index contributed by atoms with van der Waals surface area (Å²) in [6.45, 7) is 8.53. The molecule has 0 aliphatic carbocycles. The van der Waals surface area contributed by atoms with Crippen molar-refractivity contribution in [3.8, 4) is 6.07 Å². The first-order chi connectivity index (χ1) is 10.9. The molecule has 0 spiro atoms. The van der Waals surface area contributed by atoms with E-state index in [0.29, 0.717) is 17.5 Å². The van der Waals surface area contributed by atoms with Gasteiger partial charge in [-0.15, -0.1) is 23.5 Å². The van der Waals surface area contributed by atoms with E-state index in [1.54, 1.807) is 23.5 Å². The summed E-state index contributed by atoms with van der Waals surface area (Å²) >= 11 is 3.20. The Morgan fingerprint density at radius 1 is 1.09 bits per heavy atom. The third-order valence-corrected chi connectivity index (χ3v) is 5.98. The van der Waals surface area contributed by atoms with Gasteiger partial charge in [0.05, 0.1) is 4.24 Å². The standard InChI is InChI=1S/C18H24N2OS2/c1-13(2)11-22-18(23-12-14(3)4)16(10-19)17(21)20-15-8-6-5-7-9-15/h5-9,13-14H,11-12H2,1-4H3,(H,20,21). The number of carbonyl (C=O) groups is 1. The van der Waals surface area contributed by atoms with Crippen molar-refractivity contribution in [3.05, 3.63) is 40.1 Å². The number of nitrogens with one attached hydrogen (secondary N) is 1. The van der Waals surface area contributed by atoms with E-state index in [9.17, 15) is 10.1 Å². The van der Waals surface area contributed by atoms with E-state index in [0.717, 1.165) is 15.7 Å². The van der Waals surface area contributed by atoms with Gasteiger partial charge in [0.2, 0.25) is 0 Å². The highest BCUT2D eigenvalue weighted by Crippen LogP contribution is 2.34. The molecule has 0 atom stereocenters. The Morgan fingerprint density at radius 3 is 2.04 bits per heavy atom.